The van der Waals surface area contributed by atoms with Crippen molar-refractivity contribution in [2.45, 2.75) is 25.8 Å². The van der Waals surface area contributed by atoms with Crippen LogP contribution >= 0.6 is 0 Å². The predicted octanol–water partition coefficient (Wildman–Crippen LogP) is -0.120. The first-order valence-electron chi connectivity index (χ1n) is 5.22. The van der Waals surface area contributed by atoms with Gasteiger partial charge in [-0.2, -0.15) is 0 Å². The van der Waals surface area contributed by atoms with E-state index < -0.39 is 29.3 Å². The number of nitrogens with zero attached hydrogens (tertiary/aromatic N) is 1. The number of nitrogens with one attached hydrogen (secondary N) is 1. The zero-order valence-corrected chi connectivity index (χ0v) is 9.28. The maximum absolute atomic E-state index is 11.9. The highest BCUT2D eigenvalue weighted by atomic mass is 16.5. The van der Waals surface area contributed by atoms with Gasteiger partial charge in [0.15, 0.2) is 0 Å². The van der Waals surface area contributed by atoms with Gasteiger partial charge in [-0.05, 0) is 20.3 Å². The van der Waals surface area contributed by atoms with Gasteiger partial charge in [-0.25, -0.2) is 4.79 Å². The Morgan fingerprint density at radius 2 is 2.12 bits per heavy atom. The summed E-state index contributed by atoms with van der Waals surface area (Å²) in [5, 5.41) is 2.18. The second kappa shape index (κ2) is 3.55. The lowest BCUT2D eigenvalue weighted by molar-refractivity contribution is -0.145. The normalized spacial score (nSPS) is 35.5. The van der Waals surface area contributed by atoms with E-state index in [1.54, 1.807) is 6.92 Å². The van der Waals surface area contributed by atoms with Crippen molar-refractivity contribution in [3.05, 3.63) is 0 Å². The molecule has 2 heterocycles. The van der Waals surface area contributed by atoms with Crippen molar-refractivity contribution in [1.82, 2.24) is 10.2 Å². The summed E-state index contributed by atoms with van der Waals surface area (Å²) in [5.41, 5.74) is -0.629. The number of hydrogen-bond donors (Lipinski definition) is 1. The van der Waals surface area contributed by atoms with Crippen LogP contribution in [0.2, 0.25) is 0 Å². The van der Waals surface area contributed by atoms with Gasteiger partial charge in [-0.15, -0.1) is 0 Å². The second-order valence-electron chi connectivity index (χ2n) is 4.49. The molecule has 0 aromatic heterocycles. The maximum atomic E-state index is 11.9. The van der Waals surface area contributed by atoms with Gasteiger partial charge in [0.2, 0.25) is 11.8 Å². The van der Waals surface area contributed by atoms with Crippen molar-refractivity contribution < 1.29 is 19.1 Å². The molecule has 0 aromatic rings. The highest BCUT2D eigenvalue weighted by Crippen LogP contribution is 2.28. The number of amides is 4. The Morgan fingerprint density at radius 1 is 1.44 bits per heavy atom. The van der Waals surface area contributed by atoms with Crippen molar-refractivity contribution in [2.24, 2.45) is 5.92 Å². The third-order valence-electron chi connectivity index (χ3n) is 3.16. The number of urea groups is 1. The Balaban J connectivity index is 2.29. The lowest BCUT2D eigenvalue weighted by atomic mass is 9.95. The summed E-state index contributed by atoms with van der Waals surface area (Å²) in [6.07, 6.45) is 0.604. The Morgan fingerprint density at radius 3 is 2.69 bits per heavy atom. The topological polar surface area (TPSA) is 75.7 Å². The van der Waals surface area contributed by atoms with E-state index >= 15 is 0 Å². The van der Waals surface area contributed by atoms with Gasteiger partial charge < -0.3 is 4.74 Å². The van der Waals surface area contributed by atoms with Gasteiger partial charge in [0.1, 0.15) is 5.92 Å². The molecule has 2 saturated heterocycles. The lowest BCUT2D eigenvalue weighted by Crippen LogP contribution is -2.64. The van der Waals surface area contributed by atoms with E-state index in [0.29, 0.717) is 19.6 Å². The number of rotatable bonds is 1. The Labute approximate surface area is 92.9 Å². The molecular formula is C10H14N2O4. The smallest absolute Gasteiger partial charge is 0.331 e. The first kappa shape index (κ1) is 11.1. The molecule has 88 valence electrons. The summed E-state index contributed by atoms with van der Waals surface area (Å²) in [4.78, 5) is 36.0. The first-order valence-corrected chi connectivity index (χ1v) is 5.22. The largest absolute Gasteiger partial charge is 0.379 e. The molecule has 2 aliphatic rings. The molecule has 6 nitrogen and oxygen atoms in total. The highest BCUT2D eigenvalue weighted by Gasteiger charge is 2.48. The van der Waals surface area contributed by atoms with E-state index in [9.17, 15) is 14.4 Å². The fourth-order valence-corrected chi connectivity index (χ4v) is 2.02. The number of ether oxygens (including phenoxy) is 1. The van der Waals surface area contributed by atoms with Crippen LogP contribution in [0.3, 0.4) is 0 Å². The van der Waals surface area contributed by atoms with Gasteiger partial charge in [0.05, 0.1) is 12.1 Å². The summed E-state index contributed by atoms with van der Waals surface area (Å²) in [5.74, 6) is -1.79. The predicted molar refractivity (Wildman–Crippen MR) is 53.4 cm³/mol. The van der Waals surface area contributed by atoms with Gasteiger partial charge >= 0.3 is 6.03 Å². The van der Waals surface area contributed by atoms with Crippen LogP contribution in [-0.2, 0) is 14.3 Å². The Kier molecular flexibility index (Phi) is 2.46. The third kappa shape index (κ3) is 1.49. The van der Waals surface area contributed by atoms with Crippen molar-refractivity contribution in [1.29, 1.82) is 0 Å². The molecule has 6 heteroatoms. The van der Waals surface area contributed by atoms with Crippen LogP contribution in [0.1, 0.15) is 20.3 Å². The van der Waals surface area contributed by atoms with Gasteiger partial charge in [-0.3, -0.25) is 19.8 Å². The van der Waals surface area contributed by atoms with E-state index in [-0.39, 0.29) is 0 Å². The molecule has 0 radical (unpaired) electrons. The summed E-state index contributed by atoms with van der Waals surface area (Å²) in [6, 6.07) is -0.638. The molecule has 2 rings (SSSR count). The van der Waals surface area contributed by atoms with Crippen LogP contribution < -0.4 is 5.32 Å². The van der Waals surface area contributed by atoms with E-state index in [1.807, 2.05) is 0 Å². The number of imide groups is 2. The van der Waals surface area contributed by atoms with Crippen molar-refractivity contribution in [3.8, 4) is 0 Å². The molecule has 0 aliphatic carbocycles. The van der Waals surface area contributed by atoms with Crippen LogP contribution in [0.5, 0.6) is 0 Å². The summed E-state index contributed by atoms with van der Waals surface area (Å²) >= 11 is 0. The van der Waals surface area contributed by atoms with Gasteiger partial charge in [0, 0.05) is 6.61 Å². The van der Waals surface area contributed by atoms with Crippen LogP contribution in [0.15, 0.2) is 0 Å². The fourth-order valence-electron chi connectivity index (χ4n) is 2.02. The zero-order chi connectivity index (χ0) is 11.9. The summed E-state index contributed by atoms with van der Waals surface area (Å²) in [6.45, 7) is 4.14. The van der Waals surface area contributed by atoms with Crippen molar-refractivity contribution >= 4 is 17.8 Å². The number of barbiturate groups is 1. The SMILES string of the molecule is CC1C(=O)NC(=O)N(C2(C)CCOC2)C1=O. The average molecular weight is 226 g/mol. The molecule has 0 bridgehead atoms. The molecule has 16 heavy (non-hydrogen) atoms. The Hall–Kier alpha value is -1.43. The molecule has 0 spiro atoms. The number of carbonyl (C=O) groups is 3. The highest BCUT2D eigenvalue weighted by molar-refractivity contribution is 6.16. The molecule has 2 atom stereocenters. The first-order chi connectivity index (χ1) is 7.46. The quantitative estimate of drug-likeness (QED) is 0.632. The van der Waals surface area contributed by atoms with E-state index in [1.165, 1.54) is 6.92 Å². The number of carbonyl (C=O) groups excluding carboxylic acids is 3. The van der Waals surface area contributed by atoms with E-state index in [2.05, 4.69) is 5.32 Å². The fraction of sp³-hybridized carbons (Fsp3) is 0.700. The van der Waals surface area contributed by atoms with Gasteiger partial charge in [0.25, 0.3) is 0 Å². The van der Waals surface area contributed by atoms with Crippen LogP contribution in [0.4, 0.5) is 4.79 Å². The van der Waals surface area contributed by atoms with Crippen molar-refractivity contribution in [2.75, 3.05) is 13.2 Å². The third-order valence-corrected chi connectivity index (χ3v) is 3.16. The molecule has 0 aromatic carbocycles. The van der Waals surface area contributed by atoms with E-state index in [0.717, 1.165) is 4.90 Å². The maximum Gasteiger partial charge on any atom is 0.331 e. The second-order valence-corrected chi connectivity index (χ2v) is 4.49. The summed E-state index contributed by atoms with van der Waals surface area (Å²) in [7, 11) is 0. The van der Waals surface area contributed by atoms with E-state index in [4.69, 9.17) is 4.74 Å². The molecule has 4 amide bonds. The minimum Gasteiger partial charge on any atom is -0.379 e. The monoisotopic (exact) mass is 226 g/mol. The minimum atomic E-state index is -0.810. The van der Waals surface area contributed by atoms with Gasteiger partial charge in [-0.1, -0.05) is 0 Å². The number of hydrogen-bond acceptors (Lipinski definition) is 4. The van der Waals surface area contributed by atoms with Crippen molar-refractivity contribution in [3.63, 3.8) is 0 Å². The van der Waals surface area contributed by atoms with Crippen LogP contribution in [0.25, 0.3) is 0 Å². The minimum absolute atomic E-state index is 0.326. The standard InChI is InChI=1S/C10H14N2O4/c1-6-7(13)11-9(15)12(8(6)14)10(2)3-4-16-5-10/h6H,3-5H2,1-2H3,(H,11,13,15). The van der Waals surface area contributed by atoms with Crippen LogP contribution in [0, 0.1) is 5.92 Å². The molecule has 2 unspecified atom stereocenters. The Bertz CT molecular complexity index is 360. The molecule has 0 saturated carbocycles. The average Bonchev–Trinajstić information content (AvgIpc) is 2.62. The lowest BCUT2D eigenvalue weighted by Gasteiger charge is -2.39. The van der Waals surface area contributed by atoms with Crippen LogP contribution in [-0.4, -0.2) is 41.5 Å². The molecule has 2 aliphatic heterocycles. The summed E-state index contributed by atoms with van der Waals surface area (Å²) < 4.78 is 5.21. The zero-order valence-electron chi connectivity index (χ0n) is 9.28. The molecule has 1 N–H and O–H groups in total. The molecular weight excluding hydrogens is 212 g/mol. The molecule has 2 fully saturated rings.